The molecule has 0 saturated carbocycles. The van der Waals surface area contributed by atoms with Gasteiger partial charge in [-0.25, -0.2) is 0 Å². The van der Waals surface area contributed by atoms with E-state index in [1.54, 1.807) is 36.4 Å². The molecule has 2 aromatic carbocycles. The monoisotopic (exact) mass is 342 g/mol. The van der Waals surface area contributed by atoms with Crippen LogP contribution >= 0.6 is 0 Å². The number of ether oxygens (including phenoxy) is 2. The van der Waals surface area contributed by atoms with Gasteiger partial charge in [-0.3, -0.25) is 14.9 Å². The summed E-state index contributed by atoms with van der Waals surface area (Å²) in [5, 5.41) is 13.8. The van der Waals surface area contributed by atoms with Crippen molar-refractivity contribution in [3.05, 3.63) is 75.8 Å². The number of hydrogen-bond acceptors (Lipinski definition) is 5. The Bertz CT molecular complexity index is 750. The van der Waals surface area contributed by atoms with Crippen LogP contribution in [0.5, 0.6) is 0 Å². The lowest BCUT2D eigenvalue weighted by atomic mass is 10.1. The van der Waals surface area contributed by atoms with Gasteiger partial charge in [0.15, 0.2) is 6.29 Å². The second-order valence-electron chi connectivity index (χ2n) is 5.71. The number of carbonyl (C=O) groups excluding carboxylic acids is 1. The first-order chi connectivity index (χ1) is 12.1. The Kier molecular flexibility index (Phi) is 5.37. The van der Waals surface area contributed by atoms with Crippen molar-refractivity contribution in [3.63, 3.8) is 0 Å². The van der Waals surface area contributed by atoms with Crippen molar-refractivity contribution in [1.29, 1.82) is 0 Å². The number of amides is 1. The Balaban J connectivity index is 1.62. The van der Waals surface area contributed by atoms with Gasteiger partial charge >= 0.3 is 0 Å². The third-order valence-electron chi connectivity index (χ3n) is 3.91. The highest BCUT2D eigenvalue weighted by molar-refractivity contribution is 5.94. The van der Waals surface area contributed by atoms with E-state index in [4.69, 9.17) is 9.47 Å². The van der Waals surface area contributed by atoms with Crippen LogP contribution in [0.3, 0.4) is 0 Å². The van der Waals surface area contributed by atoms with Gasteiger partial charge in [-0.15, -0.1) is 0 Å². The Labute approximate surface area is 144 Å². The number of nitro groups is 1. The Morgan fingerprint density at radius 2 is 1.92 bits per heavy atom. The van der Waals surface area contributed by atoms with Crippen LogP contribution in [0.25, 0.3) is 0 Å². The summed E-state index contributed by atoms with van der Waals surface area (Å²) in [6.45, 7) is 0.652. The molecule has 0 spiro atoms. The van der Waals surface area contributed by atoms with Crippen LogP contribution in [-0.4, -0.2) is 30.1 Å². The van der Waals surface area contributed by atoms with Crippen molar-refractivity contribution in [1.82, 2.24) is 5.32 Å². The largest absolute Gasteiger partial charge is 0.348 e. The van der Waals surface area contributed by atoms with E-state index in [2.05, 4.69) is 5.32 Å². The zero-order valence-electron chi connectivity index (χ0n) is 13.5. The highest BCUT2D eigenvalue weighted by Gasteiger charge is 2.23. The quantitative estimate of drug-likeness (QED) is 0.681. The summed E-state index contributed by atoms with van der Waals surface area (Å²) < 4.78 is 11.4. The van der Waals surface area contributed by atoms with Crippen molar-refractivity contribution < 1.29 is 19.2 Å². The topological polar surface area (TPSA) is 90.7 Å². The van der Waals surface area contributed by atoms with Crippen molar-refractivity contribution in [2.45, 2.75) is 18.8 Å². The van der Waals surface area contributed by atoms with Gasteiger partial charge in [0.05, 0.1) is 24.2 Å². The van der Waals surface area contributed by atoms with Gasteiger partial charge in [-0.1, -0.05) is 30.3 Å². The normalized spacial score (nSPS) is 20.5. The van der Waals surface area contributed by atoms with Gasteiger partial charge < -0.3 is 14.8 Å². The summed E-state index contributed by atoms with van der Waals surface area (Å²) in [7, 11) is 0. The number of carbonyl (C=O) groups is 1. The Morgan fingerprint density at radius 1 is 1.12 bits per heavy atom. The smallest absolute Gasteiger partial charge is 0.269 e. The summed E-state index contributed by atoms with van der Waals surface area (Å²) in [4.78, 5) is 22.6. The number of rotatable bonds is 4. The molecule has 2 aromatic rings. The average molecular weight is 342 g/mol. The Morgan fingerprint density at radius 3 is 2.68 bits per heavy atom. The van der Waals surface area contributed by atoms with Crippen molar-refractivity contribution in [3.8, 4) is 0 Å². The molecule has 1 N–H and O–H groups in total. The summed E-state index contributed by atoms with van der Waals surface area (Å²) >= 11 is 0. The van der Waals surface area contributed by atoms with Crippen LogP contribution in [0.15, 0.2) is 54.6 Å². The van der Waals surface area contributed by atoms with Gasteiger partial charge in [-0.05, 0) is 18.6 Å². The molecule has 1 heterocycles. The van der Waals surface area contributed by atoms with E-state index in [0.717, 1.165) is 0 Å². The van der Waals surface area contributed by atoms with E-state index >= 15 is 0 Å². The molecule has 0 aromatic heterocycles. The maximum absolute atomic E-state index is 12.2. The van der Waals surface area contributed by atoms with Crippen molar-refractivity contribution in [2.24, 2.45) is 0 Å². The predicted molar refractivity (Wildman–Crippen MR) is 90.1 cm³/mol. The summed E-state index contributed by atoms with van der Waals surface area (Å²) in [6, 6.07) is 14.9. The molecular formula is C18H18N2O5. The molecule has 2 atom stereocenters. The minimum absolute atomic E-state index is 0.0112. The van der Waals surface area contributed by atoms with E-state index in [1.165, 1.54) is 12.1 Å². The van der Waals surface area contributed by atoms with Gasteiger partial charge in [-0.2, -0.15) is 0 Å². The lowest BCUT2D eigenvalue weighted by Crippen LogP contribution is -2.38. The zero-order valence-corrected chi connectivity index (χ0v) is 13.5. The Hall–Kier alpha value is -2.77. The molecule has 1 fully saturated rings. The fourth-order valence-electron chi connectivity index (χ4n) is 2.60. The molecule has 0 unspecified atom stereocenters. The first-order valence-corrected chi connectivity index (χ1v) is 7.97. The first-order valence-electron chi connectivity index (χ1n) is 7.97. The number of nitro benzene ring substituents is 1. The minimum atomic E-state index is -0.682. The zero-order chi connectivity index (χ0) is 17.6. The lowest BCUT2D eigenvalue weighted by molar-refractivity contribution is -0.385. The van der Waals surface area contributed by atoms with E-state index < -0.39 is 11.2 Å². The average Bonchev–Trinajstić information content (AvgIpc) is 2.88. The molecule has 3 rings (SSSR count). The summed E-state index contributed by atoms with van der Waals surface area (Å²) in [5.41, 5.74) is 1.16. The maximum atomic E-state index is 12.2. The highest BCUT2D eigenvalue weighted by Crippen LogP contribution is 2.25. The van der Waals surface area contributed by atoms with E-state index in [-0.39, 0.29) is 24.2 Å². The minimum Gasteiger partial charge on any atom is -0.348 e. The molecule has 1 aliphatic rings. The number of nitrogens with one attached hydrogen (secondary N) is 1. The molecule has 130 valence electrons. The maximum Gasteiger partial charge on any atom is 0.269 e. The van der Waals surface area contributed by atoms with E-state index in [9.17, 15) is 14.9 Å². The molecule has 7 heteroatoms. The van der Waals surface area contributed by atoms with Crippen LogP contribution in [0.2, 0.25) is 0 Å². The molecule has 0 aliphatic carbocycles. The number of non-ortho nitro benzene ring substituents is 1. The van der Waals surface area contributed by atoms with Crippen LogP contribution in [0.1, 0.15) is 28.6 Å². The third-order valence-corrected chi connectivity index (χ3v) is 3.91. The molecule has 25 heavy (non-hydrogen) atoms. The van der Waals surface area contributed by atoms with Gasteiger partial charge in [0, 0.05) is 23.3 Å². The summed E-state index contributed by atoms with van der Waals surface area (Å²) in [6.07, 6.45) is -0.0807. The predicted octanol–water partition coefficient (Wildman–Crippen LogP) is 2.83. The van der Waals surface area contributed by atoms with Crippen LogP contribution in [-0.2, 0) is 9.47 Å². The van der Waals surface area contributed by atoms with Crippen LogP contribution in [0.4, 0.5) is 5.69 Å². The molecule has 1 aliphatic heterocycles. The third kappa shape index (κ3) is 4.40. The number of hydrogen-bond donors (Lipinski definition) is 1. The number of benzene rings is 2. The second kappa shape index (κ2) is 7.87. The van der Waals surface area contributed by atoms with Crippen molar-refractivity contribution in [2.75, 3.05) is 13.2 Å². The van der Waals surface area contributed by atoms with Crippen LogP contribution < -0.4 is 5.32 Å². The molecule has 0 radical (unpaired) electrons. The highest BCUT2D eigenvalue weighted by atomic mass is 16.7. The van der Waals surface area contributed by atoms with Gasteiger partial charge in [0.25, 0.3) is 11.6 Å². The summed E-state index contributed by atoms with van der Waals surface area (Å²) in [5.74, 6) is -0.164. The lowest BCUT2D eigenvalue weighted by Gasteiger charge is -2.17. The molecular weight excluding hydrogens is 324 g/mol. The first kappa shape index (κ1) is 17.1. The van der Waals surface area contributed by atoms with Gasteiger partial charge in [0.1, 0.15) is 0 Å². The molecule has 1 amide bonds. The molecule has 1 saturated heterocycles. The van der Waals surface area contributed by atoms with Crippen molar-refractivity contribution >= 4 is 11.6 Å². The standard InChI is InChI=1S/C18H18N2O5/c21-17(13-5-2-1-3-6-13)19-15-9-10-24-18(25-12-15)14-7-4-8-16(11-14)20(22)23/h1-8,11,15,18H,9-10,12H2,(H,19,21)/t15-,18+/m0/s1. The SMILES string of the molecule is O=C(N[C@H]1CCO[C@@H](c2cccc([N+](=O)[O-])c2)OC1)c1ccccc1. The fraction of sp³-hybridized carbons (Fsp3) is 0.278. The van der Waals surface area contributed by atoms with E-state index in [1.807, 2.05) is 6.07 Å². The molecule has 7 nitrogen and oxygen atoms in total. The number of nitrogens with zero attached hydrogens (tertiary/aromatic N) is 1. The second-order valence-corrected chi connectivity index (χ2v) is 5.71. The molecule has 0 bridgehead atoms. The van der Waals surface area contributed by atoms with Crippen LogP contribution in [0, 0.1) is 10.1 Å². The van der Waals surface area contributed by atoms with Gasteiger partial charge in [0.2, 0.25) is 0 Å². The fourth-order valence-corrected chi connectivity index (χ4v) is 2.60. The van der Waals surface area contributed by atoms with E-state index in [0.29, 0.717) is 24.2 Å².